The SMILES string of the molecule is [CH2]C(C)CCOC(=O)C=C. The molecule has 57 valence electrons. The molecule has 0 heterocycles. The maximum absolute atomic E-state index is 10.4. The molecule has 0 amide bonds. The van der Waals surface area contributed by atoms with E-state index in [-0.39, 0.29) is 5.97 Å². The first-order valence-corrected chi connectivity index (χ1v) is 3.29. The Morgan fingerprint density at radius 3 is 2.80 bits per heavy atom. The molecule has 0 aromatic carbocycles. The van der Waals surface area contributed by atoms with E-state index in [0.29, 0.717) is 12.5 Å². The molecule has 0 aromatic rings. The van der Waals surface area contributed by atoms with E-state index in [2.05, 4.69) is 13.5 Å². The number of esters is 1. The molecular formula is C8H13O2. The first kappa shape index (κ1) is 9.21. The van der Waals surface area contributed by atoms with Gasteiger partial charge in [0.2, 0.25) is 0 Å². The summed E-state index contributed by atoms with van der Waals surface area (Å²) < 4.78 is 4.70. The number of carbonyl (C=O) groups is 1. The lowest BCUT2D eigenvalue weighted by molar-refractivity contribution is -0.137. The Hall–Kier alpha value is -0.790. The maximum Gasteiger partial charge on any atom is 0.330 e. The van der Waals surface area contributed by atoms with Crippen molar-refractivity contribution in [2.24, 2.45) is 5.92 Å². The van der Waals surface area contributed by atoms with Crippen LogP contribution in [0, 0.1) is 12.8 Å². The van der Waals surface area contributed by atoms with Gasteiger partial charge in [0.25, 0.3) is 0 Å². The summed E-state index contributed by atoms with van der Waals surface area (Å²) in [5, 5.41) is 0. The van der Waals surface area contributed by atoms with E-state index in [4.69, 9.17) is 4.74 Å². The van der Waals surface area contributed by atoms with Gasteiger partial charge < -0.3 is 4.74 Å². The monoisotopic (exact) mass is 141 g/mol. The molecule has 0 aromatic heterocycles. The fraction of sp³-hybridized carbons (Fsp3) is 0.500. The van der Waals surface area contributed by atoms with Crippen molar-refractivity contribution in [3.05, 3.63) is 19.6 Å². The summed E-state index contributed by atoms with van der Waals surface area (Å²) in [6, 6.07) is 0. The van der Waals surface area contributed by atoms with Gasteiger partial charge in [-0.25, -0.2) is 4.79 Å². The largest absolute Gasteiger partial charge is 0.463 e. The van der Waals surface area contributed by atoms with E-state index in [1.807, 2.05) is 6.92 Å². The molecule has 0 aliphatic carbocycles. The minimum atomic E-state index is -0.361. The summed E-state index contributed by atoms with van der Waals surface area (Å²) >= 11 is 0. The zero-order chi connectivity index (χ0) is 7.98. The Morgan fingerprint density at radius 1 is 1.80 bits per heavy atom. The third kappa shape index (κ3) is 5.35. The molecule has 1 atom stereocenters. The van der Waals surface area contributed by atoms with Crippen LogP contribution in [0.5, 0.6) is 0 Å². The molecule has 1 radical (unpaired) electrons. The Bertz CT molecular complexity index is 116. The summed E-state index contributed by atoms with van der Waals surface area (Å²) in [6.45, 7) is 9.43. The van der Waals surface area contributed by atoms with Crippen LogP contribution < -0.4 is 0 Å². The average Bonchev–Trinajstić information content (AvgIpc) is 1.87. The molecule has 0 rings (SSSR count). The van der Waals surface area contributed by atoms with E-state index in [1.165, 1.54) is 0 Å². The van der Waals surface area contributed by atoms with E-state index < -0.39 is 0 Å². The first-order chi connectivity index (χ1) is 4.66. The Labute approximate surface area is 61.9 Å². The van der Waals surface area contributed by atoms with E-state index >= 15 is 0 Å². The molecule has 0 bridgehead atoms. The normalized spacial score (nSPS) is 9.50. The summed E-state index contributed by atoms with van der Waals surface area (Å²) in [5.41, 5.74) is 0. The molecule has 0 saturated carbocycles. The fourth-order valence-corrected chi connectivity index (χ4v) is 0.420. The molecule has 0 N–H and O–H groups in total. The van der Waals surface area contributed by atoms with Gasteiger partial charge in [-0.1, -0.05) is 20.4 Å². The number of hydrogen-bond donors (Lipinski definition) is 0. The zero-order valence-corrected chi connectivity index (χ0v) is 6.30. The van der Waals surface area contributed by atoms with Gasteiger partial charge in [-0.2, -0.15) is 0 Å². The van der Waals surface area contributed by atoms with Crippen molar-refractivity contribution in [2.75, 3.05) is 6.61 Å². The fourth-order valence-electron chi connectivity index (χ4n) is 0.420. The topological polar surface area (TPSA) is 26.3 Å². The highest BCUT2D eigenvalue weighted by Crippen LogP contribution is 1.98. The van der Waals surface area contributed by atoms with Crippen LogP contribution in [0.4, 0.5) is 0 Å². The predicted molar refractivity (Wildman–Crippen MR) is 40.3 cm³/mol. The Morgan fingerprint density at radius 2 is 2.40 bits per heavy atom. The standard InChI is InChI=1S/C8H13O2/c1-4-8(9)10-6-5-7(2)3/h4,7H,1-2,5-6H2,3H3. The highest BCUT2D eigenvalue weighted by molar-refractivity contribution is 5.81. The quantitative estimate of drug-likeness (QED) is 0.439. The second-order valence-electron chi connectivity index (χ2n) is 2.27. The second-order valence-corrected chi connectivity index (χ2v) is 2.27. The highest BCUT2D eigenvalue weighted by atomic mass is 16.5. The smallest absolute Gasteiger partial charge is 0.330 e. The molecule has 0 spiro atoms. The van der Waals surface area contributed by atoms with Gasteiger partial charge >= 0.3 is 5.97 Å². The van der Waals surface area contributed by atoms with Crippen LogP contribution in [0.1, 0.15) is 13.3 Å². The number of rotatable bonds is 4. The van der Waals surface area contributed by atoms with Crippen molar-refractivity contribution in [3.63, 3.8) is 0 Å². The van der Waals surface area contributed by atoms with Crippen LogP contribution in [0.15, 0.2) is 12.7 Å². The minimum absolute atomic E-state index is 0.331. The highest BCUT2D eigenvalue weighted by Gasteiger charge is 1.96. The van der Waals surface area contributed by atoms with Crippen LogP contribution in [-0.4, -0.2) is 12.6 Å². The minimum Gasteiger partial charge on any atom is -0.463 e. The first-order valence-electron chi connectivity index (χ1n) is 3.29. The van der Waals surface area contributed by atoms with Crippen LogP contribution in [-0.2, 0) is 9.53 Å². The molecule has 1 unspecified atom stereocenters. The summed E-state index contributed by atoms with van der Waals surface area (Å²) in [7, 11) is 0. The number of carbonyl (C=O) groups excluding carboxylic acids is 1. The van der Waals surface area contributed by atoms with E-state index in [0.717, 1.165) is 12.5 Å². The van der Waals surface area contributed by atoms with Crippen LogP contribution in [0.3, 0.4) is 0 Å². The van der Waals surface area contributed by atoms with Crippen molar-refractivity contribution in [3.8, 4) is 0 Å². The third-order valence-corrected chi connectivity index (χ3v) is 1.02. The van der Waals surface area contributed by atoms with Gasteiger partial charge in [-0.15, -0.1) is 0 Å². The number of hydrogen-bond acceptors (Lipinski definition) is 2. The van der Waals surface area contributed by atoms with Crippen molar-refractivity contribution >= 4 is 5.97 Å². The lowest BCUT2D eigenvalue weighted by Gasteiger charge is -2.03. The Kier molecular flexibility index (Phi) is 4.63. The van der Waals surface area contributed by atoms with E-state index in [9.17, 15) is 4.79 Å². The van der Waals surface area contributed by atoms with E-state index in [1.54, 1.807) is 0 Å². The zero-order valence-electron chi connectivity index (χ0n) is 6.30. The molecule has 0 saturated heterocycles. The van der Waals surface area contributed by atoms with Crippen molar-refractivity contribution in [1.82, 2.24) is 0 Å². The summed E-state index contributed by atoms with van der Waals surface area (Å²) in [6.07, 6.45) is 1.97. The van der Waals surface area contributed by atoms with Gasteiger partial charge in [-0.05, 0) is 12.3 Å². The predicted octanol–water partition coefficient (Wildman–Crippen LogP) is 1.58. The lowest BCUT2D eigenvalue weighted by Crippen LogP contribution is -2.04. The van der Waals surface area contributed by atoms with Gasteiger partial charge in [-0.3, -0.25) is 0 Å². The van der Waals surface area contributed by atoms with Gasteiger partial charge in [0.05, 0.1) is 6.61 Å². The second kappa shape index (κ2) is 5.03. The molecule has 2 nitrogen and oxygen atoms in total. The lowest BCUT2D eigenvalue weighted by atomic mass is 10.1. The van der Waals surface area contributed by atoms with Gasteiger partial charge in [0, 0.05) is 6.08 Å². The van der Waals surface area contributed by atoms with Crippen LogP contribution in [0.2, 0.25) is 0 Å². The summed E-state index contributed by atoms with van der Waals surface area (Å²) in [5.74, 6) is -0.0294. The molecule has 0 aliphatic heterocycles. The van der Waals surface area contributed by atoms with Gasteiger partial charge in [0.15, 0.2) is 0 Å². The number of ether oxygens (including phenoxy) is 1. The molecule has 0 fully saturated rings. The Balaban J connectivity index is 3.19. The average molecular weight is 141 g/mol. The van der Waals surface area contributed by atoms with Crippen molar-refractivity contribution < 1.29 is 9.53 Å². The van der Waals surface area contributed by atoms with Gasteiger partial charge in [0.1, 0.15) is 0 Å². The van der Waals surface area contributed by atoms with Crippen molar-refractivity contribution in [2.45, 2.75) is 13.3 Å². The summed E-state index contributed by atoms with van der Waals surface area (Å²) in [4.78, 5) is 10.4. The molecular weight excluding hydrogens is 128 g/mol. The molecule has 2 heteroatoms. The van der Waals surface area contributed by atoms with Crippen LogP contribution in [0.25, 0.3) is 0 Å². The maximum atomic E-state index is 10.4. The molecule has 10 heavy (non-hydrogen) atoms. The van der Waals surface area contributed by atoms with Crippen LogP contribution >= 0.6 is 0 Å². The third-order valence-electron chi connectivity index (χ3n) is 1.02. The van der Waals surface area contributed by atoms with Crippen molar-refractivity contribution in [1.29, 1.82) is 0 Å². The molecule has 0 aliphatic rings.